The van der Waals surface area contributed by atoms with Crippen molar-refractivity contribution in [1.82, 2.24) is 5.43 Å². The third kappa shape index (κ3) is 3.83. The molecular weight excluding hydrogens is 208 g/mol. The summed E-state index contributed by atoms with van der Waals surface area (Å²) in [7, 11) is 0. The maximum Gasteiger partial charge on any atom is 0.0281 e. The van der Waals surface area contributed by atoms with Gasteiger partial charge in [-0.15, -0.1) is 0 Å². The molecule has 1 aromatic carbocycles. The van der Waals surface area contributed by atoms with Crippen LogP contribution in [-0.2, 0) is 0 Å². The van der Waals surface area contributed by atoms with Gasteiger partial charge in [-0.05, 0) is 17.9 Å². The predicted molar refractivity (Wildman–Crippen MR) is 74.7 cm³/mol. The van der Waals surface area contributed by atoms with E-state index >= 15 is 0 Å². The number of hydrogen-bond donors (Lipinski definition) is 2. The Balaban J connectivity index is 2.94. The lowest BCUT2D eigenvalue weighted by molar-refractivity contribution is 0.321. The summed E-state index contributed by atoms with van der Waals surface area (Å²) in [5, 5.41) is 0. The molecule has 0 radical (unpaired) electrons. The minimum absolute atomic E-state index is 0.373. The third-order valence-electron chi connectivity index (χ3n) is 3.69. The molecule has 0 saturated carbocycles. The molecule has 0 spiro atoms. The van der Waals surface area contributed by atoms with E-state index in [2.05, 4.69) is 56.5 Å². The van der Waals surface area contributed by atoms with Gasteiger partial charge in [-0.25, -0.2) is 0 Å². The molecule has 96 valence electrons. The van der Waals surface area contributed by atoms with E-state index in [0.717, 1.165) is 12.8 Å². The second-order valence-electron chi connectivity index (χ2n) is 4.88. The minimum atomic E-state index is 0.373. The highest BCUT2D eigenvalue weighted by Gasteiger charge is 2.25. The summed E-state index contributed by atoms with van der Waals surface area (Å²) in [6.45, 7) is 6.78. The van der Waals surface area contributed by atoms with Gasteiger partial charge in [-0.3, -0.25) is 11.3 Å². The van der Waals surface area contributed by atoms with Gasteiger partial charge >= 0.3 is 0 Å². The second-order valence-corrected chi connectivity index (χ2v) is 4.88. The van der Waals surface area contributed by atoms with E-state index in [1.165, 1.54) is 12.0 Å². The van der Waals surface area contributed by atoms with Crippen LogP contribution in [0.15, 0.2) is 30.3 Å². The Bertz CT molecular complexity index is 297. The molecule has 3 N–H and O–H groups in total. The highest BCUT2D eigenvalue weighted by molar-refractivity contribution is 5.22. The number of benzene rings is 1. The number of nitrogens with one attached hydrogen (secondary N) is 1. The highest BCUT2D eigenvalue weighted by Crippen LogP contribution is 2.31. The fourth-order valence-electron chi connectivity index (χ4n) is 2.56. The van der Waals surface area contributed by atoms with Crippen LogP contribution in [0.25, 0.3) is 0 Å². The molecule has 0 fully saturated rings. The Labute approximate surface area is 106 Å². The lowest BCUT2D eigenvalue weighted by Gasteiger charge is -2.31. The van der Waals surface area contributed by atoms with Gasteiger partial charge in [0.25, 0.3) is 0 Å². The molecule has 1 aromatic rings. The summed E-state index contributed by atoms with van der Waals surface area (Å²) in [6, 6.07) is 11.1. The van der Waals surface area contributed by atoms with Crippen molar-refractivity contribution in [2.45, 2.75) is 52.0 Å². The Morgan fingerprint density at radius 1 is 1.18 bits per heavy atom. The van der Waals surface area contributed by atoms with Crippen LogP contribution in [0, 0.1) is 5.92 Å². The average Bonchev–Trinajstić information content (AvgIpc) is 2.39. The molecule has 0 aromatic heterocycles. The van der Waals surface area contributed by atoms with Gasteiger partial charge in [-0.2, -0.15) is 0 Å². The summed E-state index contributed by atoms with van der Waals surface area (Å²) in [5.41, 5.74) is 4.42. The van der Waals surface area contributed by atoms with Crippen LogP contribution in [-0.4, -0.2) is 6.04 Å². The van der Waals surface area contributed by atoms with Crippen LogP contribution >= 0.6 is 0 Å². The first-order valence-electron chi connectivity index (χ1n) is 6.75. The first kappa shape index (κ1) is 14.2. The molecule has 0 aliphatic carbocycles. The Morgan fingerprint density at radius 2 is 1.82 bits per heavy atom. The molecule has 17 heavy (non-hydrogen) atoms. The quantitative estimate of drug-likeness (QED) is 0.560. The fourth-order valence-corrected chi connectivity index (χ4v) is 2.56. The zero-order chi connectivity index (χ0) is 12.7. The zero-order valence-corrected chi connectivity index (χ0v) is 11.3. The second kappa shape index (κ2) is 7.46. The average molecular weight is 234 g/mol. The topological polar surface area (TPSA) is 38.0 Å². The molecule has 0 heterocycles. The Morgan fingerprint density at radius 3 is 2.29 bits per heavy atom. The molecule has 0 aliphatic heterocycles. The lowest BCUT2D eigenvalue weighted by Crippen LogP contribution is -2.41. The van der Waals surface area contributed by atoms with Gasteiger partial charge < -0.3 is 0 Å². The van der Waals surface area contributed by atoms with E-state index in [0.29, 0.717) is 17.9 Å². The number of hydrogen-bond acceptors (Lipinski definition) is 2. The smallest absolute Gasteiger partial charge is 0.0281 e. The van der Waals surface area contributed by atoms with Crippen molar-refractivity contribution in [1.29, 1.82) is 0 Å². The normalized spacial score (nSPS) is 16.5. The summed E-state index contributed by atoms with van der Waals surface area (Å²) >= 11 is 0. The van der Waals surface area contributed by atoms with E-state index in [9.17, 15) is 0 Å². The van der Waals surface area contributed by atoms with Crippen LogP contribution in [0.3, 0.4) is 0 Å². The van der Waals surface area contributed by atoms with Crippen molar-refractivity contribution in [2.75, 3.05) is 0 Å². The fraction of sp³-hybridized carbons (Fsp3) is 0.600. The van der Waals surface area contributed by atoms with Gasteiger partial charge in [-0.1, -0.05) is 63.9 Å². The maximum absolute atomic E-state index is 5.74. The van der Waals surface area contributed by atoms with E-state index < -0.39 is 0 Å². The monoisotopic (exact) mass is 234 g/mol. The maximum atomic E-state index is 5.74. The van der Waals surface area contributed by atoms with Crippen LogP contribution in [0.1, 0.15) is 51.5 Å². The number of hydrazine groups is 1. The van der Waals surface area contributed by atoms with Crippen molar-refractivity contribution >= 4 is 0 Å². The third-order valence-corrected chi connectivity index (χ3v) is 3.69. The van der Waals surface area contributed by atoms with Gasteiger partial charge in [0.1, 0.15) is 0 Å². The predicted octanol–water partition coefficient (Wildman–Crippen LogP) is 3.45. The van der Waals surface area contributed by atoms with Crippen LogP contribution in [0.2, 0.25) is 0 Å². The highest BCUT2D eigenvalue weighted by atomic mass is 15.2. The van der Waals surface area contributed by atoms with E-state index in [4.69, 9.17) is 5.84 Å². The molecule has 3 unspecified atom stereocenters. The molecule has 3 atom stereocenters. The van der Waals surface area contributed by atoms with Crippen LogP contribution in [0.5, 0.6) is 0 Å². The van der Waals surface area contributed by atoms with Crippen molar-refractivity contribution < 1.29 is 0 Å². The zero-order valence-electron chi connectivity index (χ0n) is 11.3. The first-order valence-corrected chi connectivity index (χ1v) is 6.75. The summed E-state index contributed by atoms with van der Waals surface area (Å²) in [6.07, 6.45) is 3.47. The molecule has 0 aliphatic rings. The van der Waals surface area contributed by atoms with E-state index in [1.54, 1.807) is 0 Å². The minimum Gasteiger partial charge on any atom is -0.271 e. The van der Waals surface area contributed by atoms with E-state index in [1.807, 2.05) is 0 Å². The standard InChI is InChI=1S/C15H26N2/c1-4-9-14(17-16)15(12(3)5-2)13-10-7-6-8-11-13/h6-8,10-12,14-15,17H,4-5,9,16H2,1-3H3. The van der Waals surface area contributed by atoms with Gasteiger partial charge in [0.05, 0.1) is 0 Å². The van der Waals surface area contributed by atoms with E-state index in [-0.39, 0.29) is 0 Å². The summed E-state index contributed by atoms with van der Waals surface area (Å²) < 4.78 is 0. The van der Waals surface area contributed by atoms with Crippen molar-refractivity contribution in [2.24, 2.45) is 11.8 Å². The SMILES string of the molecule is CCCC(NN)C(c1ccccc1)C(C)CC. The Hall–Kier alpha value is -0.860. The molecule has 2 nitrogen and oxygen atoms in total. The molecular formula is C15H26N2. The Kier molecular flexibility index (Phi) is 6.23. The lowest BCUT2D eigenvalue weighted by atomic mass is 9.79. The van der Waals surface area contributed by atoms with Crippen molar-refractivity contribution in [3.63, 3.8) is 0 Å². The van der Waals surface area contributed by atoms with Crippen LogP contribution < -0.4 is 11.3 Å². The number of rotatable bonds is 7. The van der Waals surface area contributed by atoms with Crippen molar-refractivity contribution in [3.8, 4) is 0 Å². The molecule has 0 bridgehead atoms. The summed E-state index contributed by atoms with van der Waals surface area (Å²) in [5.74, 6) is 6.89. The van der Waals surface area contributed by atoms with Gasteiger partial charge in [0.15, 0.2) is 0 Å². The van der Waals surface area contributed by atoms with Gasteiger partial charge in [0, 0.05) is 12.0 Å². The number of nitrogens with two attached hydrogens (primary N) is 1. The first-order chi connectivity index (χ1) is 8.24. The van der Waals surface area contributed by atoms with Crippen molar-refractivity contribution in [3.05, 3.63) is 35.9 Å². The molecule has 2 heteroatoms. The van der Waals surface area contributed by atoms with Gasteiger partial charge in [0.2, 0.25) is 0 Å². The molecule has 0 amide bonds. The van der Waals surface area contributed by atoms with Crippen LogP contribution in [0.4, 0.5) is 0 Å². The summed E-state index contributed by atoms with van der Waals surface area (Å²) in [4.78, 5) is 0. The molecule has 0 saturated heterocycles. The largest absolute Gasteiger partial charge is 0.271 e. The molecule has 1 rings (SSSR count).